The van der Waals surface area contributed by atoms with Gasteiger partial charge in [0, 0.05) is 0 Å². The summed E-state index contributed by atoms with van der Waals surface area (Å²) < 4.78 is 0. The SMILES string of the molecule is CCCCCCCCCCCCC(CCCCCC)C(P)(CCCCCC)CCCCCC.O=CO. The minimum absolute atomic E-state index is 0.250. The summed E-state index contributed by atoms with van der Waals surface area (Å²) in [6, 6.07) is 0. The average molecular weight is 529 g/mol. The van der Waals surface area contributed by atoms with Gasteiger partial charge in [-0.1, -0.05) is 169 Å². The fraction of sp³-hybridized carbons (Fsp3) is 0.970. The van der Waals surface area contributed by atoms with Crippen molar-refractivity contribution in [3.8, 4) is 0 Å². The fourth-order valence-corrected chi connectivity index (χ4v) is 6.45. The molecule has 0 aliphatic carbocycles. The molecule has 0 heterocycles. The van der Waals surface area contributed by atoms with Crippen LogP contribution in [0.4, 0.5) is 0 Å². The molecule has 0 radical (unpaired) electrons. The molecule has 0 bridgehead atoms. The van der Waals surface area contributed by atoms with Gasteiger partial charge in [0.2, 0.25) is 0 Å². The Kier molecular flexibility index (Phi) is 32.9. The molecular formula is C33H69O2P. The highest BCUT2D eigenvalue weighted by Crippen LogP contribution is 2.44. The van der Waals surface area contributed by atoms with Gasteiger partial charge >= 0.3 is 0 Å². The molecule has 0 fully saturated rings. The number of carboxylic acid groups (broad SMARTS) is 1. The minimum atomic E-state index is -0.250. The van der Waals surface area contributed by atoms with Gasteiger partial charge in [-0.15, -0.1) is 9.24 Å². The Morgan fingerprint density at radius 3 is 1.11 bits per heavy atom. The zero-order chi connectivity index (χ0) is 27.2. The maximum Gasteiger partial charge on any atom is 0.290 e. The number of hydrogen-bond donors (Lipinski definition) is 1. The van der Waals surface area contributed by atoms with Crippen molar-refractivity contribution < 1.29 is 9.90 Å². The number of hydrogen-bond acceptors (Lipinski definition) is 1. The molecule has 2 nitrogen and oxygen atoms in total. The molecule has 218 valence electrons. The van der Waals surface area contributed by atoms with Crippen molar-refractivity contribution in [1.29, 1.82) is 0 Å². The standard InChI is InChI=1S/C32H67P.CH2O2/c1-5-9-13-17-18-19-20-21-22-24-28-31(27-23-14-10-6-2)32(33,29-25-15-11-7-3)30-26-16-12-8-4;2-1-3/h31H,5-30,33H2,1-4H3;1H,(H,2,3). The highest BCUT2D eigenvalue weighted by atomic mass is 31.0. The van der Waals surface area contributed by atoms with E-state index in [4.69, 9.17) is 9.90 Å². The van der Waals surface area contributed by atoms with Gasteiger partial charge in [0.1, 0.15) is 0 Å². The lowest BCUT2D eigenvalue weighted by Crippen LogP contribution is -2.32. The molecule has 0 aromatic heterocycles. The van der Waals surface area contributed by atoms with Crippen LogP contribution in [0.5, 0.6) is 0 Å². The van der Waals surface area contributed by atoms with Gasteiger partial charge in [0.05, 0.1) is 0 Å². The van der Waals surface area contributed by atoms with E-state index in [1.807, 2.05) is 0 Å². The van der Waals surface area contributed by atoms with Gasteiger partial charge in [-0.05, 0) is 36.8 Å². The number of rotatable bonds is 27. The van der Waals surface area contributed by atoms with Crippen molar-refractivity contribution in [3.63, 3.8) is 0 Å². The molecule has 1 N–H and O–H groups in total. The lowest BCUT2D eigenvalue weighted by Gasteiger charge is -2.39. The molecule has 2 atom stereocenters. The average Bonchev–Trinajstić information content (AvgIpc) is 2.87. The summed E-state index contributed by atoms with van der Waals surface area (Å²) in [5, 5.41) is 7.41. The van der Waals surface area contributed by atoms with E-state index in [-0.39, 0.29) is 6.47 Å². The Balaban J connectivity index is 0. The van der Waals surface area contributed by atoms with Crippen molar-refractivity contribution in [2.45, 2.75) is 200 Å². The molecule has 0 aromatic carbocycles. The Morgan fingerprint density at radius 1 is 0.528 bits per heavy atom. The lowest BCUT2D eigenvalue weighted by molar-refractivity contribution is -0.122. The van der Waals surface area contributed by atoms with Crippen molar-refractivity contribution in [2.24, 2.45) is 5.92 Å². The maximum atomic E-state index is 8.36. The summed E-state index contributed by atoms with van der Waals surface area (Å²) in [5.41, 5.74) is 0. The van der Waals surface area contributed by atoms with Crippen LogP contribution in [-0.4, -0.2) is 16.7 Å². The highest BCUT2D eigenvalue weighted by Gasteiger charge is 2.32. The predicted molar refractivity (Wildman–Crippen MR) is 167 cm³/mol. The normalized spacial score (nSPS) is 12.2. The zero-order valence-electron chi connectivity index (χ0n) is 25.5. The molecule has 2 unspecified atom stereocenters. The first kappa shape index (κ1) is 38.0. The third-order valence-corrected chi connectivity index (χ3v) is 9.17. The van der Waals surface area contributed by atoms with E-state index in [2.05, 4.69) is 36.9 Å². The third-order valence-electron chi connectivity index (χ3n) is 8.12. The van der Waals surface area contributed by atoms with E-state index in [0.717, 1.165) is 5.92 Å². The van der Waals surface area contributed by atoms with Gasteiger partial charge in [-0.3, -0.25) is 4.79 Å². The van der Waals surface area contributed by atoms with E-state index < -0.39 is 0 Å². The molecular weight excluding hydrogens is 459 g/mol. The lowest BCUT2D eigenvalue weighted by atomic mass is 9.77. The largest absolute Gasteiger partial charge is 0.483 e. The third kappa shape index (κ3) is 25.5. The molecule has 0 spiro atoms. The van der Waals surface area contributed by atoms with Crippen LogP contribution in [0.1, 0.15) is 195 Å². The molecule has 0 amide bonds. The maximum absolute atomic E-state index is 8.36. The molecule has 0 saturated carbocycles. The van der Waals surface area contributed by atoms with E-state index in [0.29, 0.717) is 5.16 Å². The monoisotopic (exact) mass is 529 g/mol. The second kappa shape index (κ2) is 31.1. The van der Waals surface area contributed by atoms with Crippen LogP contribution in [0.25, 0.3) is 0 Å². The summed E-state index contributed by atoms with van der Waals surface area (Å²) in [7, 11) is 3.49. The van der Waals surface area contributed by atoms with Gasteiger partial charge in [-0.25, -0.2) is 0 Å². The first-order valence-corrected chi connectivity index (χ1v) is 17.0. The van der Waals surface area contributed by atoms with Crippen molar-refractivity contribution in [3.05, 3.63) is 0 Å². The Labute approximate surface area is 231 Å². The van der Waals surface area contributed by atoms with Crippen LogP contribution in [0.15, 0.2) is 0 Å². The fourth-order valence-electron chi connectivity index (χ4n) is 5.71. The second-order valence-corrected chi connectivity index (χ2v) is 12.6. The highest BCUT2D eigenvalue weighted by molar-refractivity contribution is 7.19. The predicted octanol–water partition coefficient (Wildman–Crippen LogP) is 12.1. The Morgan fingerprint density at radius 2 is 0.778 bits per heavy atom. The number of unbranched alkanes of at least 4 members (excludes halogenated alkanes) is 18. The van der Waals surface area contributed by atoms with Crippen LogP contribution in [-0.2, 0) is 4.79 Å². The molecule has 3 heteroatoms. The molecule has 0 rings (SSSR count). The molecule has 0 saturated heterocycles. The van der Waals surface area contributed by atoms with Gasteiger partial charge in [0.25, 0.3) is 6.47 Å². The second-order valence-electron chi connectivity index (χ2n) is 11.5. The van der Waals surface area contributed by atoms with E-state index >= 15 is 0 Å². The molecule has 0 aliphatic rings. The summed E-state index contributed by atoms with van der Waals surface area (Å²) in [6.07, 6.45) is 37.6. The van der Waals surface area contributed by atoms with E-state index in [1.165, 1.54) is 167 Å². The van der Waals surface area contributed by atoms with Gasteiger partial charge in [-0.2, -0.15) is 0 Å². The zero-order valence-corrected chi connectivity index (χ0v) is 26.6. The smallest absolute Gasteiger partial charge is 0.290 e. The minimum Gasteiger partial charge on any atom is -0.483 e. The first-order valence-electron chi connectivity index (χ1n) is 16.4. The van der Waals surface area contributed by atoms with Crippen LogP contribution in [0.3, 0.4) is 0 Å². The van der Waals surface area contributed by atoms with Gasteiger partial charge in [0.15, 0.2) is 0 Å². The van der Waals surface area contributed by atoms with Crippen molar-refractivity contribution in [1.82, 2.24) is 0 Å². The Hall–Kier alpha value is -0.100. The summed E-state index contributed by atoms with van der Waals surface area (Å²) >= 11 is 0. The summed E-state index contributed by atoms with van der Waals surface area (Å²) in [6.45, 7) is 9.11. The van der Waals surface area contributed by atoms with E-state index in [1.54, 1.807) is 0 Å². The topological polar surface area (TPSA) is 37.3 Å². The molecule has 36 heavy (non-hydrogen) atoms. The summed E-state index contributed by atoms with van der Waals surface area (Å²) in [5.74, 6) is 0.941. The van der Waals surface area contributed by atoms with Crippen molar-refractivity contribution >= 4 is 15.7 Å². The van der Waals surface area contributed by atoms with Crippen LogP contribution in [0.2, 0.25) is 0 Å². The molecule has 0 aromatic rings. The van der Waals surface area contributed by atoms with Crippen LogP contribution < -0.4 is 0 Å². The van der Waals surface area contributed by atoms with Crippen LogP contribution >= 0.6 is 9.24 Å². The summed E-state index contributed by atoms with van der Waals surface area (Å²) in [4.78, 5) is 8.36. The quantitative estimate of drug-likeness (QED) is 0.0654. The number of carbonyl (C=O) groups is 1. The molecule has 0 aliphatic heterocycles. The van der Waals surface area contributed by atoms with Gasteiger partial charge < -0.3 is 5.11 Å². The Bertz CT molecular complexity index is 400. The first-order chi connectivity index (χ1) is 17.6. The van der Waals surface area contributed by atoms with E-state index in [9.17, 15) is 0 Å². The van der Waals surface area contributed by atoms with Crippen LogP contribution in [0, 0.1) is 5.92 Å². The van der Waals surface area contributed by atoms with Crippen molar-refractivity contribution in [2.75, 3.05) is 0 Å².